The SMILES string of the molecule is CCc1c(CN)nnn1-c1cccc(NC(C)=O)c1. The van der Waals surface area contributed by atoms with Crippen LogP contribution in [0, 0.1) is 0 Å². The molecule has 0 aliphatic rings. The molecule has 6 heteroatoms. The minimum absolute atomic E-state index is 0.103. The smallest absolute Gasteiger partial charge is 0.221 e. The van der Waals surface area contributed by atoms with Crippen molar-refractivity contribution in [3.8, 4) is 5.69 Å². The molecule has 0 bridgehead atoms. The molecule has 2 rings (SSSR count). The zero-order valence-corrected chi connectivity index (χ0v) is 11.1. The van der Waals surface area contributed by atoms with Crippen LogP contribution < -0.4 is 11.1 Å². The molecule has 6 nitrogen and oxygen atoms in total. The lowest BCUT2D eigenvalue weighted by molar-refractivity contribution is -0.114. The lowest BCUT2D eigenvalue weighted by atomic mass is 10.2. The van der Waals surface area contributed by atoms with Gasteiger partial charge >= 0.3 is 0 Å². The van der Waals surface area contributed by atoms with Gasteiger partial charge in [0.05, 0.1) is 17.1 Å². The highest BCUT2D eigenvalue weighted by Gasteiger charge is 2.11. The van der Waals surface area contributed by atoms with Gasteiger partial charge in [-0.05, 0) is 24.6 Å². The van der Waals surface area contributed by atoms with Gasteiger partial charge in [0, 0.05) is 19.2 Å². The van der Waals surface area contributed by atoms with Crippen molar-refractivity contribution in [2.45, 2.75) is 26.8 Å². The van der Waals surface area contributed by atoms with Crippen molar-refractivity contribution in [2.24, 2.45) is 5.73 Å². The molecule has 0 unspecified atom stereocenters. The number of nitrogens with one attached hydrogen (secondary N) is 1. The fraction of sp³-hybridized carbons (Fsp3) is 0.308. The lowest BCUT2D eigenvalue weighted by Gasteiger charge is -2.08. The molecule has 0 aliphatic heterocycles. The van der Waals surface area contributed by atoms with Crippen molar-refractivity contribution < 1.29 is 4.79 Å². The monoisotopic (exact) mass is 259 g/mol. The predicted octanol–water partition coefficient (Wildman–Crippen LogP) is 1.25. The van der Waals surface area contributed by atoms with E-state index in [0.717, 1.165) is 29.2 Å². The highest BCUT2D eigenvalue weighted by Crippen LogP contribution is 2.17. The van der Waals surface area contributed by atoms with Gasteiger partial charge in [-0.3, -0.25) is 4.79 Å². The van der Waals surface area contributed by atoms with Crippen LogP contribution in [0.4, 0.5) is 5.69 Å². The molecule has 1 aromatic carbocycles. The summed E-state index contributed by atoms with van der Waals surface area (Å²) in [6.45, 7) is 3.88. The van der Waals surface area contributed by atoms with Crippen molar-refractivity contribution in [3.05, 3.63) is 35.7 Å². The normalized spacial score (nSPS) is 10.5. The van der Waals surface area contributed by atoms with Gasteiger partial charge in [-0.25, -0.2) is 4.68 Å². The number of hydrogen-bond acceptors (Lipinski definition) is 4. The Bertz CT molecular complexity index is 590. The topological polar surface area (TPSA) is 85.8 Å². The molecule has 0 saturated carbocycles. The number of aromatic nitrogens is 3. The van der Waals surface area contributed by atoms with Gasteiger partial charge in [0.2, 0.25) is 5.91 Å². The Morgan fingerprint density at radius 2 is 2.26 bits per heavy atom. The van der Waals surface area contributed by atoms with E-state index in [4.69, 9.17) is 5.73 Å². The summed E-state index contributed by atoms with van der Waals surface area (Å²) in [7, 11) is 0. The van der Waals surface area contributed by atoms with Gasteiger partial charge in [-0.15, -0.1) is 5.10 Å². The number of hydrogen-bond donors (Lipinski definition) is 2. The summed E-state index contributed by atoms with van der Waals surface area (Å²) in [5, 5.41) is 10.9. The van der Waals surface area contributed by atoms with Gasteiger partial charge in [0.15, 0.2) is 0 Å². The van der Waals surface area contributed by atoms with E-state index in [1.807, 2.05) is 31.2 Å². The van der Waals surface area contributed by atoms with Gasteiger partial charge in [0.1, 0.15) is 0 Å². The second kappa shape index (κ2) is 5.62. The highest BCUT2D eigenvalue weighted by atomic mass is 16.1. The molecule has 100 valence electrons. The van der Waals surface area contributed by atoms with Crippen molar-refractivity contribution in [1.29, 1.82) is 0 Å². The van der Waals surface area contributed by atoms with Crippen LogP contribution in [0.15, 0.2) is 24.3 Å². The van der Waals surface area contributed by atoms with Crippen LogP contribution in [-0.4, -0.2) is 20.9 Å². The first-order valence-electron chi connectivity index (χ1n) is 6.17. The minimum Gasteiger partial charge on any atom is -0.326 e. The first-order chi connectivity index (χ1) is 9.15. The number of benzene rings is 1. The molecule has 0 radical (unpaired) electrons. The number of anilines is 1. The Kier molecular flexibility index (Phi) is 3.91. The van der Waals surface area contributed by atoms with Crippen LogP contribution in [0.25, 0.3) is 5.69 Å². The maximum Gasteiger partial charge on any atom is 0.221 e. The minimum atomic E-state index is -0.103. The van der Waals surface area contributed by atoms with E-state index < -0.39 is 0 Å². The van der Waals surface area contributed by atoms with Crippen LogP contribution in [0.3, 0.4) is 0 Å². The molecule has 1 amide bonds. The third-order valence-corrected chi connectivity index (χ3v) is 2.78. The Morgan fingerprint density at radius 3 is 2.89 bits per heavy atom. The van der Waals surface area contributed by atoms with Gasteiger partial charge < -0.3 is 11.1 Å². The number of rotatable bonds is 4. The standard InChI is InChI=1S/C13H17N5O/c1-3-13-12(8-14)16-17-18(13)11-6-4-5-10(7-11)15-9(2)19/h4-7H,3,8,14H2,1-2H3,(H,15,19). The van der Waals surface area contributed by atoms with E-state index in [1.54, 1.807) is 4.68 Å². The summed E-state index contributed by atoms with van der Waals surface area (Å²) in [5.74, 6) is -0.103. The zero-order valence-electron chi connectivity index (χ0n) is 11.1. The van der Waals surface area contributed by atoms with E-state index in [2.05, 4.69) is 15.6 Å². The van der Waals surface area contributed by atoms with E-state index in [9.17, 15) is 4.79 Å². The molecular weight excluding hydrogens is 242 g/mol. The van der Waals surface area contributed by atoms with Crippen LogP contribution in [0.1, 0.15) is 25.2 Å². The van der Waals surface area contributed by atoms with Crippen molar-refractivity contribution in [1.82, 2.24) is 15.0 Å². The fourth-order valence-electron chi connectivity index (χ4n) is 1.97. The molecule has 3 N–H and O–H groups in total. The first kappa shape index (κ1) is 13.2. The third-order valence-electron chi connectivity index (χ3n) is 2.78. The van der Waals surface area contributed by atoms with Crippen molar-refractivity contribution in [3.63, 3.8) is 0 Å². The number of nitrogens with zero attached hydrogens (tertiary/aromatic N) is 3. The summed E-state index contributed by atoms with van der Waals surface area (Å²) in [6.07, 6.45) is 0.796. The quantitative estimate of drug-likeness (QED) is 0.865. The average molecular weight is 259 g/mol. The molecule has 0 aliphatic carbocycles. The van der Waals surface area contributed by atoms with E-state index in [1.165, 1.54) is 6.92 Å². The molecule has 1 heterocycles. The van der Waals surface area contributed by atoms with E-state index in [0.29, 0.717) is 6.54 Å². The second-order valence-electron chi connectivity index (χ2n) is 4.18. The number of amides is 1. The second-order valence-corrected chi connectivity index (χ2v) is 4.18. The number of nitrogens with two attached hydrogens (primary N) is 1. The summed E-state index contributed by atoms with van der Waals surface area (Å²) in [6, 6.07) is 7.47. The molecule has 1 aromatic heterocycles. The van der Waals surface area contributed by atoms with Crippen LogP contribution in [0.2, 0.25) is 0 Å². The molecule has 2 aromatic rings. The zero-order chi connectivity index (χ0) is 13.8. The summed E-state index contributed by atoms with van der Waals surface area (Å²) in [5.41, 5.74) is 9.02. The van der Waals surface area contributed by atoms with Gasteiger partial charge in [0.25, 0.3) is 0 Å². The fourth-order valence-corrected chi connectivity index (χ4v) is 1.97. The molecule has 0 fully saturated rings. The Hall–Kier alpha value is -2.21. The third kappa shape index (κ3) is 2.79. The van der Waals surface area contributed by atoms with Crippen molar-refractivity contribution in [2.75, 3.05) is 5.32 Å². The molecular formula is C13H17N5O. The average Bonchev–Trinajstić information content (AvgIpc) is 2.81. The van der Waals surface area contributed by atoms with Gasteiger partial charge in [-0.2, -0.15) is 0 Å². The van der Waals surface area contributed by atoms with Gasteiger partial charge in [-0.1, -0.05) is 18.2 Å². The predicted molar refractivity (Wildman–Crippen MR) is 72.9 cm³/mol. The largest absolute Gasteiger partial charge is 0.326 e. The van der Waals surface area contributed by atoms with E-state index >= 15 is 0 Å². The lowest BCUT2D eigenvalue weighted by Crippen LogP contribution is -2.08. The highest BCUT2D eigenvalue weighted by molar-refractivity contribution is 5.88. The molecule has 0 saturated heterocycles. The Morgan fingerprint density at radius 1 is 1.47 bits per heavy atom. The maximum atomic E-state index is 11.1. The molecule has 0 atom stereocenters. The summed E-state index contributed by atoms with van der Waals surface area (Å²) < 4.78 is 1.76. The maximum absolute atomic E-state index is 11.1. The van der Waals surface area contributed by atoms with Crippen LogP contribution in [-0.2, 0) is 17.8 Å². The number of carbonyl (C=O) groups is 1. The molecule has 19 heavy (non-hydrogen) atoms. The first-order valence-corrected chi connectivity index (χ1v) is 6.17. The Balaban J connectivity index is 2.41. The number of carbonyl (C=O) groups excluding carboxylic acids is 1. The van der Waals surface area contributed by atoms with Crippen LogP contribution >= 0.6 is 0 Å². The molecule has 0 spiro atoms. The Labute approximate surface area is 111 Å². The summed E-state index contributed by atoms with van der Waals surface area (Å²) >= 11 is 0. The summed E-state index contributed by atoms with van der Waals surface area (Å²) in [4.78, 5) is 11.1. The van der Waals surface area contributed by atoms with Crippen LogP contribution in [0.5, 0.6) is 0 Å². The van der Waals surface area contributed by atoms with Crippen molar-refractivity contribution >= 4 is 11.6 Å². The van der Waals surface area contributed by atoms with E-state index in [-0.39, 0.29) is 5.91 Å².